The van der Waals surface area contributed by atoms with E-state index in [1.807, 2.05) is 42.5 Å². The second kappa shape index (κ2) is 11.7. The van der Waals surface area contributed by atoms with Crippen molar-refractivity contribution in [3.05, 3.63) is 83.7 Å². The standard InChI is InChI=1S/C33H31FN2O5/c1-3-28-29-16-15-27(40-20-31-38-17-18-39-31)19-30(29)36(26-5-4-6-26)32(28)23-9-13-25(14-10-23)35-33(37)41-21(2)22-7-11-24(34)12-8-22/h1,7-16,19,21,26,31H,4-6,17-18,20H2,2H3,(H,35,37). The van der Waals surface area contributed by atoms with E-state index in [9.17, 15) is 9.18 Å². The second-order valence-electron chi connectivity index (χ2n) is 10.3. The van der Waals surface area contributed by atoms with Crippen LogP contribution in [0.5, 0.6) is 5.75 Å². The minimum Gasteiger partial charge on any atom is -0.488 e. The molecule has 1 aliphatic carbocycles. The Labute approximate surface area is 238 Å². The molecular weight excluding hydrogens is 523 g/mol. The van der Waals surface area contributed by atoms with E-state index in [0.29, 0.717) is 37.1 Å². The van der Waals surface area contributed by atoms with Crippen LogP contribution in [0.15, 0.2) is 66.7 Å². The Balaban J connectivity index is 1.24. The Kier molecular flexibility index (Phi) is 7.64. The van der Waals surface area contributed by atoms with Crippen LogP contribution in [0.25, 0.3) is 22.2 Å². The summed E-state index contributed by atoms with van der Waals surface area (Å²) < 4.78 is 38.0. The quantitative estimate of drug-likeness (QED) is 0.233. The van der Waals surface area contributed by atoms with Crippen LogP contribution in [-0.4, -0.2) is 36.8 Å². The predicted octanol–water partition coefficient (Wildman–Crippen LogP) is 7.22. The second-order valence-corrected chi connectivity index (χ2v) is 10.3. The number of carbonyl (C=O) groups is 1. The minimum absolute atomic E-state index is 0.323. The number of hydrogen-bond acceptors (Lipinski definition) is 5. The fourth-order valence-electron chi connectivity index (χ4n) is 5.32. The number of amides is 1. The van der Waals surface area contributed by atoms with Crippen molar-refractivity contribution < 1.29 is 28.1 Å². The van der Waals surface area contributed by atoms with Crippen LogP contribution in [0.4, 0.5) is 14.9 Å². The predicted molar refractivity (Wildman–Crippen MR) is 154 cm³/mol. The minimum atomic E-state index is -0.594. The van der Waals surface area contributed by atoms with Crippen LogP contribution < -0.4 is 10.1 Å². The molecule has 7 nitrogen and oxygen atoms in total. The zero-order valence-corrected chi connectivity index (χ0v) is 22.8. The fraction of sp³-hybridized carbons (Fsp3) is 0.303. The molecule has 210 valence electrons. The third-order valence-electron chi connectivity index (χ3n) is 7.66. The molecule has 1 amide bonds. The van der Waals surface area contributed by atoms with E-state index in [-0.39, 0.29) is 12.1 Å². The highest BCUT2D eigenvalue weighted by Gasteiger charge is 2.28. The zero-order valence-electron chi connectivity index (χ0n) is 22.8. The molecule has 3 aromatic carbocycles. The van der Waals surface area contributed by atoms with Crippen molar-refractivity contribution in [1.82, 2.24) is 4.57 Å². The van der Waals surface area contributed by atoms with Crippen molar-refractivity contribution in [3.63, 3.8) is 0 Å². The summed E-state index contributed by atoms with van der Waals surface area (Å²) in [6.45, 7) is 3.22. The largest absolute Gasteiger partial charge is 0.488 e. The van der Waals surface area contributed by atoms with Crippen LogP contribution in [0, 0.1) is 18.2 Å². The van der Waals surface area contributed by atoms with E-state index in [2.05, 4.69) is 15.8 Å². The summed E-state index contributed by atoms with van der Waals surface area (Å²) in [6, 6.07) is 19.8. The lowest BCUT2D eigenvalue weighted by Crippen LogP contribution is -2.19. The van der Waals surface area contributed by atoms with Gasteiger partial charge >= 0.3 is 6.09 Å². The van der Waals surface area contributed by atoms with Gasteiger partial charge < -0.3 is 23.5 Å². The summed E-state index contributed by atoms with van der Waals surface area (Å²) in [5, 5.41) is 3.77. The van der Waals surface area contributed by atoms with Crippen molar-refractivity contribution in [1.29, 1.82) is 0 Å². The molecule has 0 spiro atoms. The third-order valence-corrected chi connectivity index (χ3v) is 7.66. The molecule has 8 heteroatoms. The smallest absolute Gasteiger partial charge is 0.412 e. The fourth-order valence-corrected chi connectivity index (χ4v) is 5.32. The van der Waals surface area contributed by atoms with Crippen molar-refractivity contribution in [2.75, 3.05) is 25.1 Å². The normalized spacial score (nSPS) is 16.2. The zero-order chi connectivity index (χ0) is 28.3. The van der Waals surface area contributed by atoms with E-state index in [1.165, 1.54) is 18.6 Å². The molecule has 41 heavy (non-hydrogen) atoms. The number of benzene rings is 3. The van der Waals surface area contributed by atoms with Crippen molar-refractivity contribution in [3.8, 4) is 29.4 Å². The Morgan fingerprint density at radius 1 is 1.10 bits per heavy atom. The molecule has 1 atom stereocenters. The van der Waals surface area contributed by atoms with Gasteiger partial charge in [0.1, 0.15) is 24.3 Å². The number of anilines is 1. The highest BCUT2D eigenvalue weighted by molar-refractivity contribution is 5.96. The maximum atomic E-state index is 13.2. The Morgan fingerprint density at radius 3 is 2.49 bits per heavy atom. The van der Waals surface area contributed by atoms with Gasteiger partial charge in [0, 0.05) is 23.2 Å². The molecule has 2 aliphatic rings. The molecule has 1 aromatic heterocycles. The average Bonchev–Trinajstić information content (AvgIpc) is 3.58. The average molecular weight is 555 g/mol. The highest BCUT2D eigenvalue weighted by Crippen LogP contribution is 2.43. The maximum Gasteiger partial charge on any atom is 0.412 e. The first kappa shape index (κ1) is 26.9. The van der Waals surface area contributed by atoms with Crippen LogP contribution >= 0.6 is 0 Å². The first-order valence-corrected chi connectivity index (χ1v) is 13.8. The van der Waals surface area contributed by atoms with Gasteiger partial charge in [0.15, 0.2) is 6.29 Å². The third kappa shape index (κ3) is 5.64. The molecule has 2 heterocycles. The maximum absolute atomic E-state index is 13.2. The highest BCUT2D eigenvalue weighted by atomic mass is 19.1. The van der Waals surface area contributed by atoms with Crippen molar-refractivity contribution in [2.24, 2.45) is 0 Å². The van der Waals surface area contributed by atoms with Gasteiger partial charge in [-0.1, -0.05) is 30.2 Å². The van der Waals surface area contributed by atoms with Gasteiger partial charge in [-0.25, -0.2) is 9.18 Å². The molecule has 4 aromatic rings. The number of halogens is 1. The van der Waals surface area contributed by atoms with Crippen molar-refractivity contribution in [2.45, 2.75) is 44.6 Å². The van der Waals surface area contributed by atoms with Crippen LogP contribution in [0.2, 0.25) is 0 Å². The molecule has 0 bridgehead atoms. The molecule has 1 N–H and O–H groups in total. The molecule has 1 aliphatic heterocycles. The SMILES string of the molecule is C#Cc1c(-c2ccc(NC(=O)OC(C)c3ccc(F)cc3)cc2)n(C2CCC2)c2cc(OCC3OCCO3)ccc12. The van der Waals surface area contributed by atoms with Gasteiger partial charge in [0.05, 0.1) is 30.0 Å². The number of fused-ring (bicyclic) bond motifs is 1. The number of aromatic nitrogens is 1. The summed E-state index contributed by atoms with van der Waals surface area (Å²) in [5.41, 5.74) is 5.08. The Bertz CT molecular complexity index is 1580. The Morgan fingerprint density at radius 2 is 1.83 bits per heavy atom. The molecule has 2 fully saturated rings. The number of rotatable bonds is 8. The number of ether oxygens (including phenoxy) is 4. The first-order valence-electron chi connectivity index (χ1n) is 13.8. The summed E-state index contributed by atoms with van der Waals surface area (Å²) in [5.74, 6) is 3.32. The van der Waals surface area contributed by atoms with Gasteiger partial charge in [-0.15, -0.1) is 6.42 Å². The van der Waals surface area contributed by atoms with Gasteiger partial charge in [-0.05, 0) is 73.7 Å². The summed E-state index contributed by atoms with van der Waals surface area (Å²) in [7, 11) is 0. The molecule has 0 radical (unpaired) electrons. The van der Waals surface area contributed by atoms with Crippen LogP contribution in [0.1, 0.15) is 49.5 Å². The lowest BCUT2D eigenvalue weighted by atomic mass is 9.92. The number of hydrogen-bond donors (Lipinski definition) is 1. The van der Waals surface area contributed by atoms with E-state index >= 15 is 0 Å². The van der Waals surface area contributed by atoms with E-state index in [4.69, 9.17) is 25.4 Å². The molecular formula is C33H31FN2O5. The van der Waals surface area contributed by atoms with Gasteiger partial charge in [0.25, 0.3) is 0 Å². The van der Waals surface area contributed by atoms with Crippen LogP contribution in [-0.2, 0) is 14.2 Å². The number of nitrogens with zero attached hydrogens (tertiary/aromatic N) is 1. The first-order chi connectivity index (χ1) is 20.0. The van der Waals surface area contributed by atoms with Gasteiger partial charge in [-0.3, -0.25) is 5.32 Å². The van der Waals surface area contributed by atoms with Gasteiger partial charge in [-0.2, -0.15) is 0 Å². The molecule has 6 rings (SSSR count). The summed E-state index contributed by atoms with van der Waals surface area (Å²) in [6.07, 6.45) is 7.93. The summed E-state index contributed by atoms with van der Waals surface area (Å²) in [4.78, 5) is 12.5. The number of nitrogens with one attached hydrogen (secondary N) is 1. The van der Waals surface area contributed by atoms with E-state index in [0.717, 1.165) is 46.3 Å². The van der Waals surface area contributed by atoms with E-state index in [1.54, 1.807) is 19.1 Å². The number of carbonyl (C=O) groups excluding carboxylic acids is 1. The Hall–Kier alpha value is -4.32. The lowest BCUT2D eigenvalue weighted by molar-refractivity contribution is -0.0683. The van der Waals surface area contributed by atoms with E-state index < -0.39 is 12.2 Å². The van der Waals surface area contributed by atoms with Crippen LogP contribution in [0.3, 0.4) is 0 Å². The summed E-state index contributed by atoms with van der Waals surface area (Å²) >= 11 is 0. The molecule has 1 saturated heterocycles. The number of terminal acetylenes is 1. The molecule has 1 saturated carbocycles. The van der Waals surface area contributed by atoms with Gasteiger partial charge in [0.2, 0.25) is 0 Å². The lowest BCUT2D eigenvalue weighted by Gasteiger charge is -2.30. The van der Waals surface area contributed by atoms with Crippen molar-refractivity contribution >= 4 is 22.7 Å². The topological polar surface area (TPSA) is 71.0 Å². The molecule has 1 unspecified atom stereocenters. The monoisotopic (exact) mass is 554 g/mol.